The number of hydrogen-bond donors (Lipinski definition) is 0. The Morgan fingerprint density at radius 1 is 1.45 bits per heavy atom. The fourth-order valence-electron chi connectivity index (χ4n) is 2.26. The van der Waals surface area contributed by atoms with Crippen molar-refractivity contribution < 1.29 is 14.3 Å². The minimum absolute atomic E-state index is 0.295. The van der Waals surface area contributed by atoms with Crippen molar-refractivity contribution in [1.29, 1.82) is 0 Å². The van der Waals surface area contributed by atoms with E-state index >= 15 is 0 Å². The molecule has 0 aliphatic rings. The van der Waals surface area contributed by atoms with Crippen molar-refractivity contribution >= 4 is 38.4 Å². The van der Waals surface area contributed by atoms with Crippen LogP contribution in [-0.2, 0) is 11.8 Å². The highest BCUT2D eigenvalue weighted by atomic mass is 32.1. The summed E-state index contributed by atoms with van der Waals surface area (Å²) in [5, 5.41) is 0.953. The van der Waals surface area contributed by atoms with E-state index in [4.69, 9.17) is 9.47 Å². The SMILES string of the molecule is CCOC(=O)c1cc2c(cc(OC)c3c2ncn3C)s1. The van der Waals surface area contributed by atoms with Gasteiger partial charge in [-0.3, -0.25) is 0 Å². The Hall–Kier alpha value is -2.08. The maximum Gasteiger partial charge on any atom is 0.348 e. The number of nitrogens with zero attached hydrogens (tertiary/aromatic N) is 2. The third kappa shape index (κ3) is 1.84. The Morgan fingerprint density at radius 3 is 2.95 bits per heavy atom. The standard InChI is InChI=1S/C14H14N2O3S/c1-4-19-14(17)11-5-8-10(20-11)6-9(18-3)13-12(8)15-7-16(13)2/h5-7H,4H2,1-3H3. The van der Waals surface area contributed by atoms with Crippen molar-refractivity contribution in [3.63, 3.8) is 0 Å². The van der Waals surface area contributed by atoms with E-state index < -0.39 is 0 Å². The van der Waals surface area contributed by atoms with Crippen LogP contribution < -0.4 is 4.74 Å². The highest BCUT2D eigenvalue weighted by Gasteiger charge is 2.17. The number of aromatic nitrogens is 2. The predicted molar refractivity (Wildman–Crippen MR) is 78.6 cm³/mol. The molecule has 1 aromatic carbocycles. The smallest absolute Gasteiger partial charge is 0.348 e. The number of benzene rings is 1. The van der Waals surface area contributed by atoms with Gasteiger partial charge in [-0.25, -0.2) is 9.78 Å². The number of rotatable bonds is 3. The number of ether oxygens (including phenoxy) is 2. The summed E-state index contributed by atoms with van der Waals surface area (Å²) in [4.78, 5) is 16.8. The van der Waals surface area contributed by atoms with Crippen LogP contribution in [0.3, 0.4) is 0 Å². The third-order valence-electron chi connectivity index (χ3n) is 3.15. The molecule has 0 radical (unpaired) electrons. The van der Waals surface area contributed by atoms with Gasteiger partial charge in [-0.15, -0.1) is 11.3 Å². The lowest BCUT2D eigenvalue weighted by Gasteiger charge is -2.04. The van der Waals surface area contributed by atoms with E-state index in [0.29, 0.717) is 11.5 Å². The van der Waals surface area contributed by atoms with Crippen molar-refractivity contribution in [2.75, 3.05) is 13.7 Å². The number of carbonyl (C=O) groups is 1. The second-order valence-electron chi connectivity index (χ2n) is 4.37. The molecule has 0 bridgehead atoms. The molecule has 0 aliphatic carbocycles. The molecule has 0 spiro atoms. The first-order valence-electron chi connectivity index (χ1n) is 6.24. The second-order valence-corrected chi connectivity index (χ2v) is 5.46. The molecular formula is C14H14N2O3S. The van der Waals surface area contributed by atoms with Crippen molar-refractivity contribution in [2.24, 2.45) is 7.05 Å². The number of hydrogen-bond acceptors (Lipinski definition) is 5. The van der Waals surface area contributed by atoms with E-state index in [2.05, 4.69) is 4.98 Å². The van der Waals surface area contributed by atoms with Gasteiger partial charge in [0.15, 0.2) is 0 Å². The molecule has 0 fully saturated rings. The van der Waals surface area contributed by atoms with E-state index in [9.17, 15) is 4.79 Å². The van der Waals surface area contributed by atoms with Crippen LogP contribution in [0.4, 0.5) is 0 Å². The predicted octanol–water partition coefficient (Wildman–Crippen LogP) is 2.97. The van der Waals surface area contributed by atoms with Gasteiger partial charge in [0.2, 0.25) is 0 Å². The van der Waals surface area contributed by atoms with E-state index in [1.165, 1.54) is 11.3 Å². The number of aryl methyl sites for hydroxylation is 1. The van der Waals surface area contributed by atoms with E-state index in [0.717, 1.165) is 26.9 Å². The number of carbonyl (C=O) groups excluding carboxylic acids is 1. The summed E-state index contributed by atoms with van der Waals surface area (Å²) >= 11 is 1.40. The number of fused-ring (bicyclic) bond motifs is 3. The average Bonchev–Trinajstić information content (AvgIpc) is 3.02. The third-order valence-corrected chi connectivity index (χ3v) is 4.21. The Labute approximate surface area is 119 Å². The van der Waals surface area contributed by atoms with Crippen LogP contribution in [0.2, 0.25) is 0 Å². The van der Waals surface area contributed by atoms with Crippen molar-refractivity contribution in [3.05, 3.63) is 23.3 Å². The van der Waals surface area contributed by atoms with Gasteiger partial charge in [-0.05, 0) is 13.0 Å². The molecular weight excluding hydrogens is 276 g/mol. The lowest BCUT2D eigenvalue weighted by molar-refractivity contribution is 0.0532. The zero-order chi connectivity index (χ0) is 14.3. The van der Waals surface area contributed by atoms with E-state index in [-0.39, 0.29) is 5.97 Å². The van der Waals surface area contributed by atoms with Gasteiger partial charge in [-0.1, -0.05) is 0 Å². The zero-order valence-electron chi connectivity index (χ0n) is 11.5. The summed E-state index contributed by atoms with van der Waals surface area (Å²) < 4.78 is 13.3. The molecule has 6 heteroatoms. The Morgan fingerprint density at radius 2 is 2.25 bits per heavy atom. The highest BCUT2D eigenvalue weighted by Crippen LogP contribution is 2.37. The van der Waals surface area contributed by atoms with Gasteiger partial charge in [0.1, 0.15) is 21.7 Å². The van der Waals surface area contributed by atoms with Crippen LogP contribution in [0, 0.1) is 0 Å². The zero-order valence-corrected chi connectivity index (χ0v) is 12.3. The molecule has 0 saturated carbocycles. The summed E-state index contributed by atoms with van der Waals surface area (Å²) in [7, 11) is 3.55. The summed E-state index contributed by atoms with van der Waals surface area (Å²) in [5.41, 5.74) is 1.77. The van der Waals surface area contributed by atoms with Crippen molar-refractivity contribution in [1.82, 2.24) is 9.55 Å². The van der Waals surface area contributed by atoms with Gasteiger partial charge in [0.25, 0.3) is 0 Å². The van der Waals surface area contributed by atoms with Gasteiger partial charge in [-0.2, -0.15) is 0 Å². The number of esters is 1. The normalized spacial score (nSPS) is 11.2. The molecule has 20 heavy (non-hydrogen) atoms. The molecule has 0 N–H and O–H groups in total. The fraction of sp³-hybridized carbons (Fsp3) is 0.286. The van der Waals surface area contributed by atoms with Crippen LogP contribution in [0.5, 0.6) is 5.75 Å². The number of methoxy groups -OCH3 is 1. The molecule has 104 valence electrons. The van der Waals surface area contributed by atoms with Crippen molar-refractivity contribution in [3.8, 4) is 5.75 Å². The lowest BCUT2D eigenvalue weighted by Crippen LogP contribution is -2.01. The molecule has 0 unspecified atom stereocenters. The van der Waals surface area contributed by atoms with Crippen LogP contribution >= 0.6 is 11.3 Å². The minimum Gasteiger partial charge on any atom is -0.494 e. The van der Waals surface area contributed by atoms with Crippen LogP contribution in [0.15, 0.2) is 18.5 Å². The number of imidazole rings is 1. The maximum atomic E-state index is 11.8. The van der Waals surface area contributed by atoms with Crippen molar-refractivity contribution in [2.45, 2.75) is 6.92 Å². The molecule has 0 amide bonds. The topological polar surface area (TPSA) is 53.4 Å². The monoisotopic (exact) mass is 290 g/mol. The lowest BCUT2D eigenvalue weighted by atomic mass is 10.2. The first-order chi connectivity index (χ1) is 9.65. The average molecular weight is 290 g/mol. The Kier molecular flexibility index (Phi) is 3.10. The van der Waals surface area contributed by atoms with Gasteiger partial charge < -0.3 is 14.0 Å². The molecule has 3 rings (SSSR count). The molecule has 0 saturated heterocycles. The minimum atomic E-state index is -0.295. The van der Waals surface area contributed by atoms with E-state index in [1.807, 2.05) is 23.7 Å². The molecule has 2 heterocycles. The molecule has 2 aromatic heterocycles. The van der Waals surface area contributed by atoms with E-state index in [1.54, 1.807) is 20.4 Å². The first kappa shape index (κ1) is 12.9. The highest BCUT2D eigenvalue weighted by molar-refractivity contribution is 7.20. The van der Waals surface area contributed by atoms with Crippen LogP contribution in [0.1, 0.15) is 16.6 Å². The van der Waals surface area contributed by atoms with Crippen LogP contribution in [0.25, 0.3) is 21.1 Å². The largest absolute Gasteiger partial charge is 0.494 e. The summed E-state index contributed by atoms with van der Waals surface area (Å²) in [6.45, 7) is 2.17. The second kappa shape index (κ2) is 4.79. The first-order valence-corrected chi connectivity index (χ1v) is 7.06. The Bertz CT molecular complexity index is 804. The molecule has 0 atom stereocenters. The van der Waals surface area contributed by atoms with Gasteiger partial charge in [0, 0.05) is 23.2 Å². The molecule has 0 aliphatic heterocycles. The molecule has 3 aromatic rings. The summed E-state index contributed by atoms with van der Waals surface area (Å²) in [6, 6.07) is 3.78. The van der Waals surface area contributed by atoms with Crippen LogP contribution in [-0.4, -0.2) is 29.2 Å². The summed E-state index contributed by atoms with van der Waals surface area (Å²) in [6.07, 6.45) is 1.74. The summed E-state index contributed by atoms with van der Waals surface area (Å²) in [5.74, 6) is 0.460. The quantitative estimate of drug-likeness (QED) is 0.696. The maximum absolute atomic E-state index is 11.8. The Balaban J connectivity index is 2.28. The van der Waals surface area contributed by atoms with Gasteiger partial charge >= 0.3 is 5.97 Å². The van der Waals surface area contributed by atoms with Gasteiger partial charge in [0.05, 0.1) is 20.0 Å². The number of thiophene rings is 1. The fourth-order valence-corrected chi connectivity index (χ4v) is 3.25. The molecule has 5 nitrogen and oxygen atoms in total.